The maximum Gasteiger partial charge on any atom is 0.317 e. The molecule has 2 aromatic rings. The number of amides is 2. The third-order valence-corrected chi connectivity index (χ3v) is 4.77. The van der Waals surface area contributed by atoms with E-state index in [1.165, 1.54) is 5.56 Å². The third kappa shape index (κ3) is 4.03. The molecule has 0 saturated carbocycles. The van der Waals surface area contributed by atoms with Crippen molar-refractivity contribution in [3.8, 4) is 6.07 Å². The van der Waals surface area contributed by atoms with Crippen LogP contribution in [0, 0.1) is 11.3 Å². The molecule has 0 radical (unpaired) electrons. The Labute approximate surface area is 145 Å². The lowest BCUT2D eigenvalue weighted by Crippen LogP contribution is -2.52. The Morgan fingerprint density at radius 2 is 2.17 bits per heavy atom. The normalized spacial score (nSPS) is 14.3. The first-order valence-corrected chi connectivity index (χ1v) is 8.85. The first-order valence-electron chi connectivity index (χ1n) is 7.91. The van der Waals surface area contributed by atoms with Gasteiger partial charge in [0.05, 0.1) is 11.6 Å². The first kappa shape index (κ1) is 16.3. The monoisotopic (exact) mass is 341 g/mol. The number of hydrogen-bond acceptors (Lipinski definition) is 5. The van der Waals surface area contributed by atoms with Gasteiger partial charge in [-0.1, -0.05) is 0 Å². The number of nitrogens with one attached hydrogen (secondary N) is 1. The van der Waals surface area contributed by atoms with Gasteiger partial charge in [-0.2, -0.15) is 16.6 Å². The van der Waals surface area contributed by atoms with Crippen LogP contribution in [0.25, 0.3) is 0 Å². The highest BCUT2D eigenvalue weighted by atomic mass is 32.1. The standard InChI is InChI=1S/C17H19N5OS/c18-12-15-2-4-19-16(11-15)21-6-8-22(9-7-21)17(23)20-5-1-14-3-10-24-13-14/h2-4,10-11,13H,1,5-9H2,(H,20,23). The molecule has 0 atom stereocenters. The van der Waals surface area contributed by atoms with Gasteiger partial charge in [0.2, 0.25) is 0 Å². The minimum Gasteiger partial charge on any atom is -0.353 e. The summed E-state index contributed by atoms with van der Waals surface area (Å²) < 4.78 is 0. The lowest BCUT2D eigenvalue weighted by molar-refractivity contribution is 0.194. The molecule has 124 valence electrons. The molecule has 1 fully saturated rings. The molecule has 0 aliphatic carbocycles. The fourth-order valence-corrected chi connectivity index (χ4v) is 3.36. The largest absolute Gasteiger partial charge is 0.353 e. The molecule has 1 aliphatic heterocycles. The number of urea groups is 1. The molecule has 2 amide bonds. The average molecular weight is 341 g/mol. The van der Waals surface area contributed by atoms with Gasteiger partial charge in [-0.15, -0.1) is 0 Å². The number of hydrogen-bond donors (Lipinski definition) is 1. The van der Waals surface area contributed by atoms with Gasteiger partial charge in [0.25, 0.3) is 0 Å². The van der Waals surface area contributed by atoms with Crippen molar-refractivity contribution in [2.75, 3.05) is 37.6 Å². The predicted molar refractivity (Wildman–Crippen MR) is 94.2 cm³/mol. The number of anilines is 1. The SMILES string of the molecule is N#Cc1ccnc(N2CCN(C(=O)NCCc3ccsc3)CC2)c1. The minimum atomic E-state index is -0.0105. The lowest BCUT2D eigenvalue weighted by atomic mass is 10.2. The Morgan fingerprint density at radius 3 is 2.88 bits per heavy atom. The molecular weight excluding hydrogens is 322 g/mol. The second-order valence-corrected chi connectivity index (χ2v) is 6.38. The number of carbonyl (C=O) groups is 1. The number of nitriles is 1. The molecule has 1 aliphatic rings. The van der Waals surface area contributed by atoms with E-state index in [-0.39, 0.29) is 6.03 Å². The van der Waals surface area contributed by atoms with Gasteiger partial charge < -0.3 is 15.1 Å². The molecular formula is C17H19N5OS. The van der Waals surface area contributed by atoms with Crippen LogP contribution in [0.4, 0.5) is 10.6 Å². The van der Waals surface area contributed by atoms with Gasteiger partial charge in [-0.25, -0.2) is 9.78 Å². The third-order valence-electron chi connectivity index (χ3n) is 4.04. The number of thiophene rings is 1. The van der Waals surface area contributed by atoms with E-state index in [2.05, 4.69) is 32.7 Å². The number of rotatable bonds is 4. The Bertz CT molecular complexity index is 717. The molecule has 3 heterocycles. The van der Waals surface area contributed by atoms with Crippen LogP contribution in [0.15, 0.2) is 35.2 Å². The zero-order chi connectivity index (χ0) is 16.8. The maximum atomic E-state index is 12.2. The molecule has 7 heteroatoms. The summed E-state index contributed by atoms with van der Waals surface area (Å²) in [5.74, 6) is 0.798. The van der Waals surface area contributed by atoms with E-state index in [4.69, 9.17) is 5.26 Å². The molecule has 3 rings (SSSR count). The van der Waals surface area contributed by atoms with Gasteiger partial charge >= 0.3 is 6.03 Å². The molecule has 1 saturated heterocycles. The van der Waals surface area contributed by atoms with E-state index in [1.807, 2.05) is 10.3 Å². The van der Waals surface area contributed by atoms with Gasteiger partial charge in [0, 0.05) is 38.9 Å². The molecule has 6 nitrogen and oxygen atoms in total. The Hall–Kier alpha value is -2.59. The van der Waals surface area contributed by atoms with E-state index in [0.717, 1.165) is 25.3 Å². The van der Waals surface area contributed by atoms with Crippen LogP contribution in [-0.2, 0) is 6.42 Å². The van der Waals surface area contributed by atoms with Crippen LogP contribution in [0.2, 0.25) is 0 Å². The number of pyridine rings is 1. The highest BCUT2D eigenvalue weighted by Gasteiger charge is 2.21. The Kier molecular flexibility index (Phi) is 5.29. The smallest absolute Gasteiger partial charge is 0.317 e. The number of aromatic nitrogens is 1. The van der Waals surface area contributed by atoms with Crippen molar-refractivity contribution < 1.29 is 4.79 Å². The summed E-state index contributed by atoms with van der Waals surface area (Å²) in [4.78, 5) is 20.5. The van der Waals surface area contributed by atoms with E-state index in [9.17, 15) is 4.79 Å². The van der Waals surface area contributed by atoms with Gasteiger partial charge in [0.1, 0.15) is 5.82 Å². The van der Waals surface area contributed by atoms with Crippen LogP contribution in [0.5, 0.6) is 0 Å². The molecule has 0 aromatic carbocycles. The quantitative estimate of drug-likeness (QED) is 0.924. The number of carbonyl (C=O) groups excluding carboxylic acids is 1. The Balaban J connectivity index is 1.45. The first-order chi connectivity index (χ1) is 11.8. The second-order valence-electron chi connectivity index (χ2n) is 5.60. The topological polar surface area (TPSA) is 72.3 Å². The highest BCUT2D eigenvalue weighted by molar-refractivity contribution is 7.07. The average Bonchev–Trinajstić information content (AvgIpc) is 3.15. The molecule has 0 unspecified atom stereocenters. The van der Waals surface area contributed by atoms with Crippen molar-refractivity contribution in [3.63, 3.8) is 0 Å². The van der Waals surface area contributed by atoms with Crippen molar-refractivity contribution in [1.29, 1.82) is 5.26 Å². The summed E-state index contributed by atoms with van der Waals surface area (Å²) >= 11 is 1.67. The maximum absolute atomic E-state index is 12.2. The fourth-order valence-electron chi connectivity index (χ4n) is 2.66. The zero-order valence-electron chi connectivity index (χ0n) is 13.3. The second kappa shape index (κ2) is 7.79. The van der Waals surface area contributed by atoms with Crippen LogP contribution >= 0.6 is 11.3 Å². The van der Waals surface area contributed by atoms with Gasteiger partial charge in [-0.3, -0.25) is 0 Å². The van der Waals surface area contributed by atoms with E-state index < -0.39 is 0 Å². The van der Waals surface area contributed by atoms with Crippen LogP contribution in [-0.4, -0.2) is 48.6 Å². The summed E-state index contributed by atoms with van der Waals surface area (Å²) in [6, 6.07) is 7.68. The summed E-state index contributed by atoms with van der Waals surface area (Å²) in [5, 5.41) is 16.1. The molecule has 2 aromatic heterocycles. The van der Waals surface area contributed by atoms with Crippen molar-refractivity contribution in [1.82, 2.24) is 15.2 Å². The highest BCUT2D eigenvalue weighted by Crippen LogP contribution is 2.15. The number of piperazine rings is 1. The molecule has 24 heavy (non-hydrogen) atoms. The molecule has 1 N–H and O–H groups in total. The Morgan fingerprint density at radius 1 is 1.33 bits per heavy atom. The zero-order valence-corrected chi connectivity index (χ0v) is 14.1. The van der Waals surface area contributed by atoms with Gasteiger partial charge in [0.15, 0.2) is 0 Å². The molecule has 0 bridgehead atoms. The number of nitrogens with zero attached hydrogens (tertiary/aromatic N) is 4. The van der Waals surface area contributed by atoms with E-state index >= 15 is 0 Å². The van der Waals surface area contributed by atoms with Crippen LogP contribution < -0.4 is 10.2 Å². The minimum absolute atomic E-state index is 0.0105. The summed E-state index contributed by atoms with van der Waals surface area (Å²) in [6.07, 6.45) is 2.51. The van der Waals surface area contributed by atoms with E-state index in [1.54, 1.807) is 29.7 Å². The van der Waals surface area contributed by atoms with Gasteiger partial charge in [-0.05, 0) is 40.9 Å². The fraction of sp³-hybridized carbons (Fsp3) is 0.353. The predicted octanol–water partition coefficient (Wildman–Crippen LogP) is 2.09. The van der Waals surface area contributed by atoms with Crippen molar-refractivity contribution in [3.05, 3.63) is 46.3 Å². The van der Waals surface area contributed by atoms with Crippen molar-refractivity contribution in [2.24, 2.45) is 0 Å². The molecule has 0 spiro atoms. The van der Waals surface area contributed by atoms with Crippen molar-refractivity contribution >= 4 is 23.2 Å². The van der Waals surface area contributed by atoms with Crippen LogP contribution in [0.1, 0.15) is 11.1 Å². The van der Waals surface area contributed by atoms with Crippen LogP contribution in [0.3, 0.4) is 0 Å². The van der Waals surface area contributed by atoms with Crippen molar-refractivity contribution in [2.45, 2.75) is 6.42 Å². The van der Waals surface area contributed by atoms with E-state index in [0.29, 0.717) is 25.2 Å². The summed E-state index contributed by atoms with van der Waals surface area (Å²) in [7, 11) is 0. The summed E-state index contributed by atoms with van der Waals surface area (Å²) in [6.45, 7) is 3.41. The lowest BCUT2D eigenvalue weighted by Gasteiger charge is -2.35. The summed E-state index contributed by atoms with van der Waals surface area (Å²) in [5.41, 5.74) is 1.86.